The highest BCUT2D eigenvalue weighted by Crippen LogP contribution is 2.42. The van der Waals surface area contributed by atoms with E-state index in [1.807, 2.05) is 37.3 Å². The van der Waals surface area contributed by atoms with Crippen molar-refractivity contribution in [2.45, 2.75) is 32.9 Å². The van der Waals surface area contributed by atoms with Crippen molar-refractivity contribution in [1.29, 1.82) is 0 Å². The minimum atomic E-state index is -0.563. The number of hydrogen-bond acceptors (Lipinski definition) is 4. The third-order valence-corrected chi connectivity index (χ3v) is 5.05. The molecule has 0 saturated heterocycles. The first kappa shape index (κ1) is 16.5. The Balaban J connectivity index is 1.74. The molecule has 2 heterocycles. The Bertz CT molecular complexity index is 769. The summed E-state index contributed by atoms with van der Waals surface area (Å²) in [6.45, 7) is 4.75. The molecule has 0 radical (unpaired) electrons. The molecule has 126 valence electrons. The Morgan fingerprint density at radius 2 is 2.12 bits per heavy atom. The number of benzene rings is 1. The van der Waals surface area contributed by atoms with Crippen LogP contribution in [0.3, 0.4) is 0 Å². The number of amides is 2. The lowest BCUT2D eigenvalue weighted by Gasteiger charge is -2.16. The summed E-state index contributed by atoms with van der Waals surface area (Å²) in [6.07, 6.45) is 0.865. The molecule has 0 fully saturated rings. The van der Waals surface area contributed by atoms with Crippen LogP contribution in [0.15, 0.2) is 30.3 Å². The molecule has 5 nitrogen and oxygen atoms in total. The minimum Gasteiger partial charge on any atom is -0.488 e. The van der Waals surface area contributed by atoms with Crippen LogP contribution >= 0.6 is 11.3 Å². The molecule has 1 atom stereocenters. The monoisotopic (exact) mass is 344 g/mol. The van der Waals surface area contributed by atoms with Gasteiger partial charge in [-0.2, -0.15) is 0 Å². The van der Waals surface area contributed by atoms with Gasteiger partial charge in [0.15, 0.2) is 0 Å². The summed E-state index contributed by atoms with van der Waals surface area (Å²) in [4.78, 5) is 26.0. The van der Waals surface area contributed by atoms with Crippen molar-refractivity contribution in [2.24, 2.45) is 0 Å². The number of nitrogens with one attached hydrogen (secondary N) is 2. The molecule has 1 aliphatic heterocycles. The van der Waals surface area contributed by atoms with E-state index in [9.17, 15) is 9.59 Å². The largest absolute Gasteiger partial charge is 0.488 e. The molecule has 6 heteroatoms. The predicted molar refractivity (Wildman–Crippen MR) is 94.3 cm³/mol. The highest BCUT2D eigenvalue weighted by Gasteiger charge is 2.23. The molecule has 0 saturated carbocycles. The average molecular weight is 344 g/mol. The fourth-order valence-corrected chi connectivity index (χ4v) is 3.65. The summed E-state index contributed by atoms with van der Waals surface area (Å²) in [5.41, 5.74) is 2.02. The molecule has 0 bridgehead atoms. The lowest BCUT2D eigenvalue weighted by atomic mass is 10.1. The number of thiophene rings is 1. The van der Waals surface area contributed by atoms with E-state index in [0.29, 0.717) is 18.0 Å². The van der Waals surface area contributed by atoms with E-state index in [1.54, 1.807) is 6.92 Å². The van der Waals surface area contributed by atoms with Crippen LogP contribution in [0.1, 0.15) is 35.5 Å². The molecule has 3 rings (SSSR count). The topological polar surface area (TPSA) is 67.4 Å². The van der Waals surface area contributed by atoms with E-state index in [-0.39, 0.29) is 11.8 Å². The van der Waals surface area contributed by atoms with Crippen molar-refractivity contribution in [3.8, 4) is 16.2 Å². The molecule has 2 N–H and O–H groups in total. The van der Waals surface area contributed by atoms with E-state index in [4.69, 9.17) is 4.74 Å². The molecule has 2 amide bonds. The van der Waals surface area contributed by atoms with Crippen LogP contribution in [0.25, 0.3) is 10.4 Å². The molecule has 1 aromatic heterocycles. The van der Waals surface area contributed by atoms with Gasteiger partial charge in [0.1, 0.15) is 18.4 Å². The maximum absolute atomic E-state index is 12.4. The van der Waals surface area contributed by atoms with Gasteiger partial charge in [-0.25, -0.2) is 0 Å². The zero-order chi connectivity index (χ0) is 17.1. The normalized spacial score (nSPS) is 13.2. The summed E-state index contributed by atoms with van der Waals surface area (Å²) in [6, 6.07) is 9.09. The van der Waals surface area contributed by atoms with Crippen molar-refractivity contribution in [2.75, 3.05) is 6.54 Å². The zero-order valence-electron chi connectivity index (χ0n) is 13.7. The van der Waals surface area contributed by atoms with Crippen LogP contribution in [0, 0.1) is 0 Å². The van der Waals surface area contributed by atoms with Gasteiger partial charge in [-0.15, -0.1) is 11.3 Å². The number of hydrogen-bond donors (Lipinski definition) is 2. The number of para-hydroxylation sites is 1. The van der Waals surface area contributed by atoms with Gasteiger partial charge in [-0.1, -0.05) is 19.1 Å². The molecule has 0 aliphatic carbocycles. The van der Waals surface area contributed by atoms with Crippen LogP contribution in [-0.2, 0) is 11.4 Å². The zero-order valence-corrected chi connectivity index (χ0v) is 14.5. The van der Waals surface area contributed by atoms with Crippen molar-refractivity contribution in [1.82, 2.24) is 10.6 Å². The number of carbonyl (C=O) groups excluding carboxylic acids is 2. The maximum atomic E-state index is 12.4. The highest BCUT2D eigenvalue weighted by atomic mass is 32.1. The number of rotatable bonds is 5. The molecule has 1 aliphatic rings. The van der Waals surface area contributed by atoms with Crippen LogP contribution < -0.4 is 15.4 Å². The first-order valence-electron chi connectivity index (χ1n) is 8.03. The Morgan fingerprint density at radius 3 is 2.92 bits per heavy atom. The van der Waals surface area contributed by atoms with E-state index in [0.717, 1.165) is 28.2 Å². The Hall–Kier alpha value is -2.34. The van der Waals surface area contributed by atoms with Crippen LogP contribution in [-0.4, -0.2) is 24.4 Å². The second-order valence-electron chi connectivity index (χ2n) is 5.74. The number of carbonyl (C=O) groups is 2. The van der Waals surface area contributed by atoms with Gasteiger partial charge in [0, 0.05) is 22.5 Å². The van der Waals surface area contributed by atoms with E-state index in [1.165, 1.54) is 11.3 Å². The Kier molecular flexibility index (Phi) is 4.85. The molecule has 24 heavy (non-hydrogen) atoms. The Labute approximate surface area is 145 Å². The van der Waals surface area contributed by atoms with Crippen LogP contribution in [0.4, 0.5) is 0 Å². The van der Waals surface area contributed by atoms with E-state index < -0.39 is 6.04 Å². The molecule has 2 aromatic rings. The van der Waals surface area contributed by atoms with Crippen molar-refractivity contribution in [3.63, 3.8) is 0 Å². The third-order valence-electron chi connectivity index (χ3n) is 3.84. The third kappa shape index (κ3) is 3.28. The average Bonchev–Trinajstić information content (AvgIpc) is 3.04. The van der Waals surface area contributed by atoms with Gasteiger partial charge < -0.3 is 15.4 Å². The van der Waals surface area contributed by atoms with Gasteiger partial charge in [0.05, 0.1) is 4.88 Å². The lowest BCUT2D eigenvalue weighted by molar-refractivity contribution is -0.122. The summed E-state index contributed by atoms with van der Waals surface area (Å²) < 4.78 is 5.72. The molecule has 0 spiro atoms. The second kappa shape index (κ2) is 7.05. The summed E-state index contributed by atoms with van der Waals surface area (Å²) in [5, 5.41) is 5.54. The van der Waals surface area contributed by atoms with Gasteiger partial charge in [-0.3, -0.25) is 9.59 Å². The summed E-state index contributed by atoms with van der Waals surface area (Å²) >= 11 is 1.43. The van der Waals surface area contributed by atoms with Gasteiger partial charge in [-0.05, 0) is 31.5 Å². The van der Waals surface area contributed by atoms with Gasteiger partial charge in [0.2, 0.25) is 5.91 Å². The standard InChI is InChI=1S/C18H20N2O3S/c1-3-8-19-17(21)11(2)20-18(22)15-9-12-10-23-14-7-5-4-6-13(14)16(12)24-15/h4-7,9,11H,3,8,10H2,1-2H3,(H,19,21)(H,20,22). The summed E-state index contributed by atoms with van der Waals surface area (Å²) in [7, 11) is 0. The quantitative estimate of drug-likeness (QED) is 0.876. The lowest BCUT2D eigenvalue weighted by Crippen LogP contribution is -2.44. The molecular weight excluding hydrogens is 324 g/mol. The first-order valence-corrected chi connectivity index (χ1v) is 8.85. The fourth-order valence-electron chi connectivity index (χ4n) is 2.55. The molecular formula is C18H20N2O3S. The number of fused-ring (bicyclic) bond motifs is 3. The van der Waals surface area contributed by atoms with Crippen molar-refractivity contribution < 1.29 is 14.3 Å². The fraction of sp³-hybridized carbons (Fsp3) is 0.333. The van der Waals surface area contributed by atoms with Crippen molar-refractivity contribution >= 4 is 23.2 Å². The van der Waals surface area contributed by atoms with Crippen LogP contribution in [0.2, 0.25) is 0 Å². The van der Waals surface area contributed by atoms with E-state index >= 15 is 0 Å². The predicted octanol–water partition coefficient (Wildman–Crippen LogP) is 2.95. The Morgan fingerprint density at radius 1 is 1.33 bits per heavy atom. The van der Waals surface area contributed by atoms with Crippen LogP contribution in [0.5, 0.6) is 5.75 Å². The second-order valence-corrected chi connectivity index (χ2v) is 6.79. The van der Waals surface area contributed by atoms with Gasteiger partial charge in [0.25, 0.3) is 5.91 Å². The van der Waals surface area contributed by atoms with E-state index in [2.05, 4.69) is 10.6 Å². The van der Waals surface area contributed by atoms with Gasteiger partial charge >= 0.3 is 0 Å². The first-order chi connectivity index (χ1) is 11.6. The minimum absolute atomic E-state index is 0.166. The molecule has 1 unspecified atom stereocenters. The number of ether oxygens (including phenoxy) is 1. The maximum Gasteiger partial charge on any atom is 0.262 e. The SMILES string of the molecule is CCCNC(=O)C(C)NC(=O)c1cc2c(s1)-c1ccccc1OC2. The smallest absolute Gasteiger partial charge is 0.262 e. The van der Waals surface area contributed by atoms with Crippen molar-refractivity contribution in [3.05, 3.63) is 40.8 Å². The highest BCUT2D eigenvalue weighted by molar-refractivity contribution is 7.17. The summed E-state index contributed by atoms with van der Waals surface area (Å²) in [5.74, 6) is 0.442. The molecule has 1 aromatic carbocycles.